The Hall–Kier alpha value is -6.53. The molecule has 0 saturated carbocycles. The van der Waals surface area contributed by atoms with Crippen LogP contribution in [0.1, 0.15) is 125 Å². The number of aromatic nitrogens is 1. The average Bonchev–Trinajstić information content (AvgIpc) is 3.38. The van der Waals surface area contributed by atoms with Crippen LogP contribution < -0.4 is 24.4 Å². The molecule has 6 nitrogen and oxygen atoms in total. The number of allylic oxidation sites excluding steroid dienone is 1. The first-order valence-corrected chi connectivity index (χ1v) is 24.9. The third-order valence-electron chi connectivity index (χ3n) is 12.3. The van der Waals surface area contributed by atoms with E-state index in [1.54, 1.807) is 0 Å². The van der Waals surface area contributed by atoms with E-state index < -0.39 is 0 Å². The number of rotatable bonds is 29. The molecule has 0 fully saturated rings. The van der Waals surface area contributed by atoms with Gasteiger partial charge in [-0.3, -0.25) is 4.79 Å². The summed E-state index contributed by atoms with van der Waals surface area (Å²) in [6, 6.07) is 52.0. The number of benzene rings is 6. The molecule has 7 rings (SSSR count). The van der Waals surface area contributed by atoms with Gasteiger partial charge in [0.15, 0.2) is 17.2 Å². The zero-order valence-corrected chi connectivity index (χ0v) is 39.6. The molecule has 0 atom stereocenters. The molecule has 0 aliphatic carbocycles. The maximum Gasteiger partial charge on any atom is 0.231 e. The lowest BCUT2D eigenvalue weighted by Crippen LogP contribution is -2.15. The molecule has 0 unspecified atom stereocenters. The smallest absolute Gasteiger partial charge is 0.231 e. The first-order chi connectivity index (χ1) is 33.2. The predicted octanol–water partition coefficient (Wildman–Crippen LogP) is 16.3. The van der Waals surface area contributed by atoms with Crippen LogP contribution in [0.5, 0.6) is 23.0 Å². The summed E-state index contributed by atoms with van der Waals surface area (Å²) >= 11 is 0. The Kier molecular flexibility index (Phi) is 19.6. The van der Waals surface area contributed by atoms with Crippen molar-refractivity contribution in [2.75, 3.05) is 0 Å². The first-order valence-electron chi connectivity index (χ1n) is 24.9. The van der Waals surface area contributed by atoms with E-state index in [2.05, 4.69) is 35.9 Å². The molecule has 0 N–H and O–H groups in total. The van der Waals surface area contributed by atoms with Crippen molar-refractivity contribution in [1.82, 2.24) is 4.57 Å². The Morgan fingerprint density at radius 1 is 0.448 bits per heavy atom. The molecule has 0 radical (unpaired) electrons. The van der Waals surface area contributed by atoms with Crippen molar-refractivity contribution in [3.63, 3.8) is 0 Å². The van der Waals surface area contributed by atoms with Gasteiger partial charge in [-0.05, 0) is 65.4 Å². The van der Waals surface area contributed by atoms with Gasteiger partial charge in [0.05, 0.1) is 16.6 Å². The van der Waals surface area contributed by atoms with Gasteiger partial charge in [0, 0.05) is 17.8 Å². The summed E-state index contributed by atoms with van der Waals surface area (Å²) in [5.41, 5.74) is 6.04. The lowest BCUT2D eigenvalue weighted by molar-refractivity contribution is 0.256. The van der Waals surface area contributed by atoms with Crippen LogP contribution >= 0.6 is 0 Å². The van der Waals surface area contributed by atoms with Crippen LogP contribution in [-0.2, 0) is 26.4 Å². The van der Waals surface area contributed by atoms with Gasteiger partial charge >= 0.3 is 0 Å². The fourth-order valence-corrected chi connectivity index (χ4v) is 8.48. The third kappa shape index (κ3) is 15.3. The highest BCUT2D eigenvalue weighted by Crippen LogP contribution is 2.39. The molecular weight excluding hydrogens is 827 g/mol. The number of ether oxygens (including phenoxy) is 4. The van der Waals surface area contributed by atoms with Crippen molar-refractivity contribution >= 4 is 17.1 Å². The zero-order valence-electron chi connectivity index (χ0n) is 39.6. The molecule has 0 bridgehead atoms. The minimum Gasteiger partial charge on any atom is -0.489 e. The molecule has 0 saturated heterocycles. The Bertz CT molecular complexity index is 2590. The molecule has 7 aromatic rings. The van der Waals surface area contributed by atoms with Gasteiger partial charge in [-0.15, -0.1) is 0 Å². The molecule has 6 heteroatoms. The molecule has 1 aromatic heterocycles. The number of fused-ring (bicyclic) bond motifs is 1. The number of unbranched alkanes of at least 4 members (excludes halogenated alkanes) is 14. The lowest BCUT2D eigenvalue weighted by Gasteiger charge is -2.21. The van der Waals surface area contributed by atoms with Crippen LogP contribution in [0.25, 0.3) is 28.4 Å². The van der Waals surface area contributed by atoms with E-state index in [9.17, 15) is 4.79 Å². The lowest BCUT2D eigenvalue weighted by atomic mass is 10.0. The van der Waals surface area contributed by atoms with E-state index in [1.807, 2.05) is 146 Å². The van der Waals surface area contributed by atoms with Gasteiger partial charge in [-0.1, -0.05) is 218 Å². The van der Waals surface area contributed by atoms with Crippen molar-refractivity contribution in [1.29, 1.82) is 0 Å². The van der Waals surface area contributed by atoms with Crippen molar-refractivity contribution in [2.45, 2.75) is 130 Å². The highest BCUT2D eigenvalue weighted by Gasteiger charge is 2.22. The molecule has 0 aliphatic heterocycles. The quantitative estimate of drug-likeness (QED) is 0.0438. The minimum absolute atomic E-state index is 0.191. The number of pyridine rings is 1. The van der Waals surface area contributed by atoms with Gasteiger partial charge < -0.3 is 23.5 Å². The highest BCUT2D eigenvalue weighted by molar-refractivity contribution is 5.89. The molecule has 348 valence electrons. The summed E-state index contributed by atoms with van der Waals surface area (Å²) in [6.07, 6.45) is 23.8. The second kappa shape index (κ2) is 27.2. The zero-order chi connectivity index (χ0) is 46.1. The van der Waals surface area contributed by atoms with Gasteiger partial charge in [0.25, 0.3) is 0 Å². The number of nitrogens with zero attached hydrogens (tertiary/aromatic N) is 1. The molecule has 1 heterocycles. The van der Waals surface area contributed by atoms with Crippen molar-refractivity contribution in [2.24, 2.45) is 0 Å². The van der Waals surface area contributed by atoms with Crippen LogP contribution in [0.2, 0.25) is 0 Å². The Balaban J connectivity index is 1.19. The molecular formula is C61H69NO5. The van der Waals surface area contributed by atoms with E-state index >= 15 is 0 Å². The van der Waals surface area contributed by atoms with Crippen LogP contribution in [0, 0.1) is 0 Å². The fraction of sp³-hybridized carbons (Fsp3) is 0.328. The SMILES string of the molecule is CCCCCCCCCCCCCCCCC=Cn1c(-c2ccc(OCc3ccccc3)c(OCc3ccccc3)c2)c(OCc2ccccc2)c(=O)c2ccc(OCc3ccccc3)cc21. The maximum absolute atomic E-state index is 14.9. The van der Waals surface area contributed by atoms with Crippen LogP contribution in [-0.4, -0.2) is 4.57 Å². The van der Waals surface area contributed by atoms with Crippen molar-refractivity contribution in [3.8, 4) is 34.3 Å². The summed E-state index contributed by atoms with van der Waals surface area (Å²) < 4.78 is 28.2. The summed E-state index contributed by atoms with van der Waals surface area (Å²) in [4.78, 5) is 14.9. The van der Waals surface area contributed by atoms with Crippen LogP contribution in [0.15, 0.2) is 169 Å². The monoisotopic (exact) mass is 896 g/mol. The Morgan fingerprint density at radius 3 is 1.43 bits per heavy atom. The minimum atomic E-state index is -0.191. The van der Waals surface area contributed by atoms with Gasteiger partial charge in [-0.25, -0.2) is 0 Å². The second-order valence-electron chi connectivity index (χ2n) is 17.6. The van der Waals surface area contributed by atoms with Crippen LogP contribution in [0.3, 0.4) is 0 Å². The van der Waals surface area contributed by atoms with E-state index in [4.69, 9.17) is 18.9 Å². The predicted molar refractivity (Wildman–Crippen MR) is 277 cm³/mol. The van der Waals surface area contributed by atoms with Crippen molar-refractivity contribution in [3.05, 3.63) is 196 Å². The third-order valence-corrected chi connectivity index (χ3v) is 12.3. The molecule has 67 heavy (non-hydrogen) atoms. The highest BCUT2D eigenvalue weighted by atomic mass is 16.5. The summed E-state index contributed by atoms with van der Waals surface area (Å²) in [5.74, 6) is 2.11. The maximum atomic E-state index is 14.9. The van der Waals surface area contributed by atoms with E-state index in [0.29, 0.717) is 48.1 Å². The Labute approximate surface area is 399 Å². The van der Waals surface area contributed by atoms with Crippen molar-refractivity contribution < 1.29 is 18.9 Å². The largest absolute Gasteiger partial charge is 0.489 e. The molecule has 0 amide bonds. The fourth-order valence-electron chi connectivity index (χ4n) is 8.48. The molecule has 6 aromatic carbocycles. The van der Waals surface area contributed by atoms with Gasteiger partial charge in [0.1, 0.15) is 32.2 Å². The standard InChI is InChI=1S/C61H69NO5/c1-2-3-4-5-6-7-8-9-10-11-12-13-14-15-16-29-42-62-56-44-54(64-45-49-30-21-17-22-31-49)39-40-55(56)60(63)61(67-48-52-36-27-20-28-37-52)59(62)53-38-41-57(65-46-50-32-23-18-24-33-50)58(43-53)66-47-51-34-25-19-26-35-51/h17-44H,2-16,45-48H2,1H3. The topological polar surface area (TPSA) is 58.9 Å². The molecule has 0 spiro atoms. The normalized spacial score (nSPS) is 11.3. The first kappa shape index (κ1) is 48.4. The van der Waals surface area contributed by atoms with E-state index in [1.165, 1.54) is 83.5 Å². The number of hydrogen-bond acceptors (Lipinski definition) is 5. The summed E-state index contributed by atoms with van der Waals surface area (Å²) in [7, 11) is 0. The van der Waals surface area contributed by atoms with E-state index in [-0.39, 0.29) is 17.8 Å². The van der Waals surface area contributed by atoms with Gasteiger partial charge in [0.2, 0.25) is 5.43 Å². The summed E-state index contributed by atoms with van der Waals surface area (Å²) in [6.45, 7) is 3.64. The number of hydrogen-bond donors (Lipinski definition) is 0. The molecule has 0 aliphatic rings. The van der Waals surface area contributed by atoms with E-state index in [0.717, 1.165) is 46.2 Å². The second-order valence-corrected chi connectivity index (χ2v) is 17.6. The summed E-state index contributed by atoms with van der Waals surface area (Å²) in [5, 5.41) is 0.545. The van der Waals surface area contributed by atoms with Gasteiger partial charge in [-0.2, -0.15) is 0 Å². The Morgan fingerprint density at radius 2 is 0.910 bits per heavy atom. The van der Waals surface area contributed by atoms with Crippen LogP contribution in [0.4, 0.5) is 0 Å². The average molecular weight is 896 g/mol.